The fraction of sp³-hybridized carbons (Fsp3) is 0.125. The Morgan fingerprint density at radius 2 is 1.64 bits per heavy atom. The van der Waals surface area contributed by atoms with Gasteiger partial charge in [-0.05, 0) is 55.3 Å². The molecule has 0 saturated heterocycles. The number of amides is 2. The lowest BCUT2D eigenvalue weighted by Gasteiger charge is -2.09. The van der Waals surface area contributed by atoms with E-state index >= 15 is 0 Å². The highest BCUT2D eigenvalue weighted by molar-refractivity contribution is 6.43. The molecule has 0 aromatic heterocycles. The molecule has 114 valence electrons. The topological polar surface area (TPSA) is 78.4 Å². The molecule has 0 atom stereocenters. The molecule has 0 aliphatic rings. The van der Waals surface area contributed by atoms with Crippen LogP contribution in [0, 0.1) is 13.8 Å². The number of anilines is 2. The third-order valence-corrected chi connectivity index (χ3v) is 3.50. The fourth-order valence-corrected chi connectivity index (χ4v) is 2.01. The van der Waals surface area contributed by atoms with E-state index in [1.165, 1.54) is 18.2 Å². The molecule has 0 heterocycles. The molecule has 2 aromatic carbocycles. The molecule has 0 fully saturated rings. The van der Waals surface area contributed by atoms with Gasteiger partial charge in [0.1, 0.15) is 5.75 Å². The van der Waals surface area contributed by atoms with Crippen molar-refractivity contribution in [3.8, 4) is 5.75 Å². The lowest BCUT2D eigenvalue weighted by molar-refractivity contribution is -0.133. The summed E-state index contributed by atoms with van der Waals surface area (Å²) in [5.41, 5.74) is 2.43. The first-order valence-corrected chi connectivity index (χ1v) is 6.92. The van der Waals surface area contributed by atoms with Crippen molar-refractivity contribution in [3.05, 3.63) is 52.5 Å². The Hall–Kier alpha value is -2.53. The third-order valence-electron chi connectivity index (χ3n) is 3.09. The molecule has 2 amide bonds. The molecule has 6 heteroatoms. The quantitative estimate of drug-likeness (QED) is 0.587. The van der Waals surface area contributed by atoms with Crippen LogP contribution in [0.25, 0.3) is 0 Å². The molecule has 0 spiro atoms. The van der Waals surface area contributed by atoms with Crippen molar-refractivity contribution in [2.45, 2.75) is 13.8 Å². The number of carbonyl (C=O) groups is 2. The van der Waals surface area contributed by atoms with Crippen LogP contribution in [0.5, 0.6) is 5.75 Å². The van der Waals surface area contributed by atoms with Crippen LogP contribution in [0.1, 0.15) is 11.1 Å². The van der Waals surface area contributed by atoms with Gasteiger partial charge in [-0.25, -0.2) is 0 Å². The standard InChI is InChI=1S/C16H15ClN2O3/c1-9-3-4-11(8-13(9)17)18-15(21)16(22)19-14-6-5-12(20)7-10(14)2/h3-8,20H,1-2H3,(H,18,21)(H,19,22). The Morgan fingerprint density at radius 1 is 0.955 bits per heavy atom. The predicted molar refractivity (Wildman–Crippen MR) is 86.3 cm³/mol. The number of phenols is 1. The molecule has 0 saturated carbocycles. The number of hydrogen-bond donors (Lipinski definition) is 3. The summed E-state index contributed by atoms with van der Waals surface area (Å²) in [5.74, 6) is -1.51. The van der Waals surface area contributed by atoms with Gasteiger partial charge in [0, 0.05) is 16.4 Å². The Morgan fingerprint density at radius 3 is 2.27 bits per heavy atom. The summed E-state index contributed by atoms with van der Waals surface area (Å²) in [6.07, 6.45) is 0. The van der Waals surface area contributed by atoms with Crippen molar-refractivity contribution in [2.24, 2.45) is 0 Å². The summed E-state index contributed by atoms with van der Waals surface area (Å²) >= 11 is 5.97. The average Bonchev–Trinajstić information content (AvgIpc) is 2.45. The van der Waals surface area contributed by atoms with Crippen LogP contribution in [0.2, 0.25) is 5.02 Å². The first-order chi connectivity index (χ1) is 10.4. The van der Waals surface area contributed by atoms with Crippen molar-refractivity contribution in [3.63, 3.8) is 0 Å². The first kappa shape index (κ1) is 15.9. The number of rotatable bonds is 2. The summed E-state index contributed by atoms with van der Waals surface area (Å²) < 4.78 is 0. The largest absolute Gasteiger partial charge is 0.508 e. The highest BCUT2D eigenvalue weighted by Gasteiger charge is 2.15. The van der Waals surface area contributed by atoms with Crippen LogP contribution >= 0.6 is 11.6 Å². The molecule has 0 aliphatic heterocycles. The number of halogens is 1. The summed E-state index contributed by atoms with van der Waals surface area (Å²) in [7, 11) is 0. The molecule has 0 bridgehead atoms. The zero-order valence-corrected chi connectivity index (χ0v) is 12.9. The summed E-state index contributed by atoms with van der Waals surface area (Å²) in [6, 6.07) is 9.44. The van der Waals surface area contributed by atoms with Crippen molar-refractivity contribution < 1.29 is 14.7 Å². The van der Waals surface area contributed by atoms with Gasteiger partial charge in [0.15, 0.2) is 0 Å². The second-order valence-electron chi connectivity index (χ2n) is 4.87. The zero-order valence-electron chi connectivity index (χ0n) is 12.1. The molecular weight excluding hydrogens is 304 g/mol. The van der Waals surface area contributed by atoms with E-state index in [-0.39, 0.29) is 5.75 Å². The Balaban J connectivity index is 2.05. The van der Waals surface area contributed by atoms with Gasteiger partial charge in [0.25, 0.3) is 0 Å². The van der Waals surface area contributed by atoms with Crippen molar-refractivity contribution in [1.29, 1.82) is 0 Å². The summed E-state index contributed by atoms with van der Waals surface area (Å²) in [4.78, 5) is 23.8. The number of phenolic OH excluding ortho intramolecular Hbond substituents is 1. The zero-order chi connectivity index (χ0) is 16.3. The fourth-order valence-electron chi connectivity index (χ4n) is 1.83. The maximum Gasteiger partial charge on any atom is 0.314 e. The number of carbonyl (C=O) groups excluding carboxylic acids is 2. The number of hydrogen-bond acceptors (Lipinski definition) is 3. The van der Waals surface area contributed by atoms with Crippen LogP contribution in [-0.2, 0) is 9.59 Å². The van der Waals surface area contributed by atoms with Gasteiger partial charge in [-0.2, -0.15) is 0 Å². The van der Waals surface area contributed by atoms with Crippen LogP contribution in [0.3, 0.4) is 0 Å². The highest BCUT2D eigenvalue weighted by Crippen LogP contribution is 2.21. The minimum atomic E-state index is -0.800. The lowest BCUT2D eigenvalue weighted by Crippen LogP contribution is -2.29. The van der Waals surface area contributed by atoms with Crippen LogP contribution in [-0.4, -0.2) is 16.9 Å². The normalized spacial score (nSPS) is 10.1. The number of nitrogens with one attached hydrogen (secondary N) is 2. The third kappa shape index (κ3) is 3.77. The van der Waals surface area contributed by atoms with E-state index in [4.69, 9.17) is 11.6 Å². The minimum absolute atomic E-state index is 0.0919. The Labute approximate surface area is 132 Å². The van der Waals surface area contributed by atoms with Gasteiger partial charge < -0.3 is 15.7 Å². The number of aromatic hydroxyl groups is 1. The van der Waals surface area contributed by atoms with Gasteiger partial charge in [-0.1, -0.05) is 17.7 Å². The van der Waals surface area contributed by atoms with Gasteiger partial charge >= 0.3 is 11.8 Å². The Kier molecular flexibility index (Phi) is 4.68. The molecule has 0 radical (unpaired) electrons. The molecule has 22 heavy (non-hydrogen) atoms. The Bertz CT molecular complexity index is 744. The van der Waals surface area contributed by atoms with Gasteiger partial charge in [-0.15, -0.1) is 0 Å². The predicted octanol–water partition coefficient (Wildman–Crippen LogP) is 3.24. The van der Waals surface area contributed by atoms with Crippen molar-refractivity contribution >= 4 is 34.8 Å². The highest BCUT2D eigenvalue weighted by atomic mass is 35.5. The van der Waals surface area contributed by atoms with E-state index in [1.54, 1.807) is 25.1 Å². The summed E-state index contributed by atoms with van der Waals surface area (Å²) in [6.45, 7) is 3.56. The van der Waals surface area contributed by atoms with Crippen molar-refractivity contribution in [2.75, 3.05) is 10.6 Å². The van der Waals surface area contributed by atoms with E-state index in [1.807, 2.05) is 6.92 Å². The van der Waals surface area contributed by atoms with Crippen LogP contribution in [0.15, 0.2) is 36.4 Å². The molecule has 2 rings (SSSR count). The lowest BCUT2D eigenvalue weighted by atomic mass is 10.2. The molecule has 0 aliphatic carbocycles. The average molecular weight is 319 g/mol. The molecule has 2 aromatic rings. The minimum Gasteiger partial charge on any atom is -0.508 e. The van der Waals surface area contributed by atoms with E-state index in [0.29, 0.717) is 22.0 Å². The molecule has 3 N–H and O–H groups in total. The van der Waals surface area contributed by atoms with Gasteiger partial charge in [-0.3, -0.25) is 9.59 Å². The van der Waals surface area contributed by atoms with E-state index in [9.17, 15) is 14.7 Å². The smallest absolute Gasteiger partial charge is 0.314 e. The first-order valence-electron chi connectivity index (χ1n) is 6.55. The van der Waals surface area contributed by atoms with E-state index in [0.717, 1.165) is 5.56 Å². The van der Waals surface area contributed by atoms with Crippen LogP contribution in [0.4, 0.5) is 11.4 Å². The molecular formula is C16H15ClN2O3. The number of benzene rings is 2. The van der Waals surface area contributed by atoms with Crippen molar-refractivity contribution in [1.82, 2.24) is 0 Å². The maximum atomic E-state index is 11.9. The maximum absolute atomic E-state index is 11.9. The van der Waals surface area contributed by atoms with E-state index < -0.39 is 11.8 Å². The second-order valence-corrected chi connectivity index (χ2v) is 5.28. The van der Waals surface area contributed by atoms with Gasteiger partial charge in [0.2, 0.25) is 0 Å². The van der Waals surface area contributed by atoms with E-state index in [2.05, 4.69) is 10.6 Å². The monoisotopic (exact) mass is 318 g/mol. The SMILES string of the molecule is Cc1ccc(NC(=O)C(=O)Nc2ccc(O)cc2C)cc1Cl. The molecule has 0 unspecified atom stereocenters. The molecule has 5 nitrogen and oxygen atoms in total. The second kappa shape index (κ2) is 6.49. The van der Waals surface area contributed by atoms with Crippen LogP contribution < -0.4 is 10.6 Å². The summed E-state index contributed by atoms with van der Waals surface area (Å²) in [5, 5.41) is 14.8. The number of aryl methyl sites for hydroxylation is 2. The van der Waals surface area contributed by atoms with Gasteiger partial charge in [0.05, 0.1) is 0 Å².